The average Bonchev–Trinajstić information content (AvgIpc) is 2.50. The smallest absolute Gasteiger partial charge is 0.222 e. The van der Waals surface area contributed by atoms with Gasteiger partial charge in [0.1, 0.15) is 5.84 Å². The lowest BCUT2D eigenvalue weighted by Gasteiger charge is -2.22. The molecule has 0 aliphatic heterocycles. The highest BCUT2D eigenvalue weighted by atomic mass is 16.5. The zero-order valence-electron chi connectivity index (χ0n) is 13.5. The van der Waals surface area contributed by atoms with E-state index in [4.69, 9.17) is 15.7 Å². The third kappa shape index (κ3) is 11.1. The second-order valence-electron chi connectivity index (χ2n) is 5.23. The second-order valence-corrected chi connectivity index (χ2v) is 5.23. The van der Waals surface area contributed by atoms with Crippen LogP contribution in [0.15, 0.2) is 5.16 Å². The van der Waals surface area contributed by atoms with Gasteiger partial charge in [-0.15, -0.1) is 0 Å². The number of hydrogen-bond donors (Lipinski definition) is 2. The molecule has 3 N–H and O–H groups in total. The van der Waals surface area contributed by atoms with E-state index in [9.17, 15) is 4.79 Å². The topological polar surface area (TPSA) is 88.2 Å². The van der Waals surface area contributed by atoms with Gasteiger partial charge in [-0.2, -0.15) is 0 Å². The van der Waals surface area contributed by atoms with Gasteiger partial charge in [-0.25, -0.2) is 0 Å². The fourth-order valence-electron chi connectivity index (χ4n) is 2.08. The summed E-state index contributed by atoms with van der Waals surface area (Å²) in [5, 5.41) is 11.5. The third-order valence-electron chi connectivity index (χ3n) is 3.43. The second kappa shape index (κ2) is 13.7. The molecule has 0 saturated carbocycles. The van der Waals surface area contributed by atoms with Crippen LogP contribution in [0, 0.1) is 0 Å². The minimum atomic E-state index is 0.119. The van der Waals surface area contributed by atoms with Gasteiger partial charge < -0.3 is 20.6 Å². The average molecular weight is 301 g/mol. The Bertz CT molecular complexity index is 296. The van der Waals surface area contributed by atoms with Crippen LogP contribution in [0.1, 0.15) is 58.3 Å². The van der Waals surface area contributed by atoms with Crippen molar-refractivity contribution in [2.24, 2.45) is 10.9 Å². The summed E-state index contributed by atoms with van der Waals surface area (Å²) in [5.41, 5.74) is 5.45. The summed E-state index contributed by atoms with van der Waals surface area (Å²) in [4.78, 5) is 13.9. The van der Waals surface area contributed by atoms with E-state index in [-0.39, 0.29) is 11.7 Å². The number of carbonyl (C=O) groups excluding carboxylic acids is 1. The van der Waals surface area contributed by atoms with E-state index in [0.717, 1.165) is 12.8 Å². The van der Waals surface area contributed by atoms with Crippen molar-refractivity contribution < 1.29 is 14.7 Å². The zero-order valence-corrected chi connectivity index (χ0v) is 13.5. The molecule has 0 aliphatic carbocycles. The molecule has 0 aromatic carbocycles. The Kier molecular flexibility index (Phi) is 12.8. The molecule has 0 spiro atoms. The molecule has 0 heterocycles. The van der Waals surface area contributed by atoms with Gasteiger partial charge >= 0.3 is 0 Å². The number of unbranched alkanes of at least 4 members (excludes halogenated alkanes) is 5. The van der Waals surface area contributed by atoms with Crippen LogP contribution in [0.3, 0.4) is 0 Å². The van der Waals surface area contributed by atoms with Crippen molar-refractivity contribution in [3.8, 4) is 0 Å². The lowest BCUT2D eigenvalue weighted by atomic mass is 10.1. The quantitative estimate of drug-likeness (QED) is 0.180. The summed E-state index contributed by atoms with van der Waals surface area (Å²) in [6, 6.07) is 0. The summed E-state index contributed by atoms with van der Waals surface area (Å²) >= 11 is 0. The highest BCUT2D eigenvalue weighted by Gasteiger charge is 2.13. The molecule has 0 bridgehead atoms. The summed E-state index contributed by atoms with van der Waals surface area (Å²) in [6.45, 7) is 3.70. The Morgan fingerprint density at radius 3 is 2.43 bits per heavy atom. The van der Waals surface area contributed by atoms with E-state index in [2.05, 4.69) is 12.1 Å². The number of amidine groups is 1. The van der Waals surface area contributed by atoms with Crippen LogP contribution >= 0.6 is 0 Å². The number of amides is 1. The number of nitrogens with two attached hydrogens (primary N) is 1. The van der Waals surface area contributed by atoms with E-state index < -0.39 is 0 Å². The molecular weight excluding hydrogens is 270 g/mol. The van der Waals surface area contributed by atoms with Gasteiger partial charge in [0, 0.05) is 33.0 Å². The standard InChI is InChI=1S/C15H31N3O3/c1-3-4-5-6-7-8-9-15(19)18(12-13-21-2)11-10-14(16)17-20/h20H,3-13H2,1-2H3,(H2,16,17). The van der Waals surface area contributed by atoms with Crippen molar-refractivity contribution in [1.29, 1.82) is 0 Å². The Balaban J connectivity index is 4.00. The van der Waals surface area contributed by atoms with Crippen molar-refractivity contribution in [3.63, 3.8) is 0 Å². The first-order valence-electron chi connectivity index (χ1n) is 7.88. The molecule has 0 aromatic rings. The third-order valence-corrected chi connectivity index (χ3v) is 3.43. The molecule has 0 aromatic heterocycles. The fourth-order valence-corrected chi connectivity index (χ4v) is 2.08. The molecular formula is C15H31N3O3. The molecule has 0 aliphatic rings. The maximum Gasteiger partial charge on any atom is 0.222 e. The van der Waals surface area contributed by atoms with Crippen LogP contribution in [0.5, 0.6) is 0 Å². The molecule has 0 unspecified atom stereocenters. The van der Waals surface area contributed by atoms with Crippen molar-refractivity contribution in [2.45, 2.75) is 58.3 Å². The van der Waals surface area contributed by atoms with Crippen molar-refractivity contribution in [3.05, 3.63) is 0 Å². The number of rotatable bonds is 13. The molecule has 6 heteroatoms. The largest absolute Gasteiger partial charge is 0.409 e. The summed E-state index contributed by atoms with van der Waals surface area (Å²) in [7, 11) is 1.61. The summed E-state index contributed by atoms with van der Waals surface area (Å²) in [5.74, 6) is 0.262. The SMILES string of the molecule is CCCCCCCCC(=O)N(CCOC)CCC(N)=NO. The zero-order chi connectivity index (χ0) is 15.9. The van der Waals surface area contributed by atoms with Gasteiger partial charge in [0.25, 0.3) is 0 Å². The molecule has 0 fully saturated rings. The van der Waals surface area contributed by atoms with Gasteiger partial charge in [0.15, 0.2) is 0 Å². The van der Waals surface area contributed by atoms with E-state index in [0.29, 0.717) is 32.5 Å². The predicted molar refractivity (Wildman–Crippen MR) is 84.5 cm³/mol. The van der Waals surface area contributed by atoms with Crippen LogP contribution in [-0.4, -0.2) is 48.7 Å². The fraction of sp³-hybridized carbons (Fsp3) is 0.867. The van der Waals surface area contributed by atoms with Gasteiger partial charge in [0.2, 0.25) is 5.91 Å². The Labute approximate surface area is 128 Å². The molecule has 21 heavy (non-hydrogen) atoms. The first-order valence-corrected chi connectivity index (χ1v) is 7.88. The molecule has 6 nitrogen and oxygen atoms in total. The minimum absolute atomic E-state index is 0.119. The Morgan fingerprint density at radius 1 is 1.14 bits per heavy atom. The van der Waals surface area contributed by atoms with Crippen molar-refractivity contribution >= 4 is 11.7 Å². The normalized spacial score (nSPS) is 11.6. The van der Waals surface area contributed by atoms with E-state index in [1.165, 1.54) is 25.7 Å². The van der Waals surface area contributed by atoms with Gasteiger partial charge in [-0.3, -0.25) is 4.79 Å². The number of hydrogen-bond acceptors (Lipinski definition) is 4. The molecule has 124 valence electrons. The number of nitrogens with zero attached hydrogens (tertiary/aromatic N) is 2. The molecule has 0 atom stereocenters. The lowest BCUT2D eigenvalue weighted by Crippen LogP contribution is -2.36. The maximum absolute atomic E-state index is 12.2. The van der Waals surface area contributed by atoms with Crippen LogP contribution in [-0.2, 0) is 9.53 Å². The number of oxime groups is 1. The molecule has 0 rings (SSSR count). The lowest BCUT2D eigenvalue weighted by molar-refractivity contribution is -0.131. The highest BCUT2D eigenvalue weighted by molar-refractivity contribution is 5.81. The van der Waals surface area contributed by atoms with Crippen LogP contribution in [0.2, 0.25) is 0 Å². The van der Waals surface area contributed by atoms with Gasteiger partial charge in [-0.05, 0) is 6.42 Å². The van der Waals surface area contributed by atoms with E-state index >= 15 is 0 Å². The monoisotopic (exact) mass is 301 g/mol. The van der Waals surface area contributed by atoms with Crippen LogP contribution in [0.25, 0.3) is 0 Å². The van der Waals surface area contributed by atoms with E-state index in [1.54, 1.807) is 12.0 Å². The van der Waals surface area contributed by atoms with E-state index in [1.807, 2.05) is 0 Å². The first-order chi connectivity index (χ1) is 10.2. The van der Waals surface area contributed by atoms with Gasteiger partial charge in [0.05, 0.1) is 6.61 Å². The summed E-state index contributed by atoms with van der Waals surface area (Å²) < 4.78 is 5.02. The molecule has 1 amide bonds. The van der Waals surface area contributed by atoms with Crippen LogP contribution < -0.4 is 5.73 Å². The van der Waals surface area contributed by atoms with Crippen molar-refractivity contribution in [1.82, 2.24) is 4.90 Å². The Morgan fingerprint density at radius 2 is 1.81 bits per heavy atom. The summed E-state index contributed by atoms with van der Waals surface area (Å²) in [6.07, 6.45) is 7.92. The van der Waals surface area contributed by atoms with Crippen LogP contribution in [0.4, 0.5) is 0 Å². The first kappa shape index (κ1) is 19.7. The predicted octanol–water partition coefficient (Wildman–Crippen LogP) is 2.35. The van der Waals surface area contributed by atoms with Crippen molar-refractivity contribution in [2.75, 3.05) is 26.8 Å². The minimum Gasteiger partial charge on any atom is -0.409 e. The number of carbonyl (C=O) groups is 1. The van der Waals surface area contributed by atoms with Gasteiger partial charge in [-0.1, -0.05) is 44.2 Å². The number of ether oxygens (including phenoxy) is 1. The molecule has 0 saturated heterocycles. The molecule has 0 radical (unpaired) electrons. The maximum atomic E-state index is 12.2. The highest BCUT2D eigenvalue weighted by Crippen LogP contribution is 2.08. The Hall–Kier alpha value is -1.30. The number of methoxy groups -OCH3 is 1.